The first-order valence-electron chi connectivity index (χ1n) is 3.29. The van der Waals surface area contributed by atoms with E-state index in [0.717, 1.165) is 4.47 Å². The lowest BCUT2D eigenvalue weighted by Crippen LogP contribution is -1.96. The Hall–Kier alpha value is -1.10. The number of halogens is 2. The van der Waals surface area contributed by atoms with Crippen LogP contribution in [-0.2, 0) is 0 Å². The van der Waals surface area contributed by atoms with E-state index in [-0.39, 0.29) is 0 Å². The lowest BCUT2D eigenvalue weighted by atomic mass is 10.1. The Labute approximate surface area is 88.7 Å². The highest BCUT2D eigenvalue weighted by molar-refractivity contribution is 9.10. The SMILES string of the molecule is N#CC(C#N)c1ncc(Br)cc1Cl. The minimum absolute atomic E-state index is 0.301. The Kier molecular flexibility index (Phi) is 3.25. The van der Waals surface area contributed by atoms with Gasteiger partial charge in [-0.25, -0.2) is 0 Å². The van der Waals surface area contributed by atoms with Crippen molar-refractivity contribution in [1.29, 1.82) is 10.5 Å². The molecule has 0 N–H and O–H groups in total. The molecule has 0 aliphatic carbocycles. The summed E-state index contributed by atoms with van der Waals surface area (Å²) >= 11 is 8.96. The third-order valence-electron chi connectivity index (χ3n) is 1.37. The molecule has 1 aromatic rings. The first kappa shape index (κ1) is 9.98. The van der Waals surface area contributed by atoms with Gasteiger partial charge in [0.25, 0.3) is 0 Å². The van der Waals surface area contributed by atoms with Crippen LogP contribution in [0.3, 0.4) is 0 Å². The van der Waals surface area contributed by atoms with Crippen LogP contribution in [-0.4, -0.2) is 4.98 Å². The van der Waals surface area contributed by atoms with E-state index >= 15 is 0 Å². The molecule has 0 saturated carbocycles. The predicted molar refractivity (Wildman–Crippen MR) is 50.9 cm³/mol. The summed E-state index contributed by atoms with van der Waals surface area (Å²) in [5.74, 6) is -0.902. The highest BCUT2D eigenvalue weighted by atomic mass is 79.9. The maximum Gasteiger partial charge on any atom is 0.176 e. The molecule has 0 spiro atoms. The van der Waals surface area contributed by atoms with Crippen molar-refractivity contribution >= 4 is 27.5 Å². The minimum atomic E-state index is -0.902. The van der Waals surface area contributed by atoms with Crippen LogP contribution in [0, 0.1) is 22.7 Å². The van der Waals surface area contributed by atoms with Crippen molar-refractivity contribution in [2.24, 2.45) is 0 Å². The van der Waals surface area contributed by atoms with Crippen molar-refractivity contribution in [2.75, 3.05) is 0 Å². The molecule has 0 aliphatic heterocycles. The second kappa shape index (κ2) is 4.23. The van der Waals surface area contributed by atoms with Gasteiger partial charge in [-0.15, -0.1) is 0 Å². The first-order chi connectivity index (χ1) is 6.19. The molecule has 0 radical (unpaired) electrons. The van der Waals surface area contributed by atoms with E-state index in [1.165, 1.54) is 6.20 Å². The van der Waals surface area contributed by atoms with Gasteiger partial charge in [-0.2, -0.15) is 10.5 Å². The fraction of sp³-hybridized carbons (Fsp3) is 0.125. The monoisotopic (exact) mass is 255 g/mol. The standard InChI is InChI=1S/C8H3BrClN3/c9-6-1-7(10)8(13-4-6)5(2-11)3-12/h1,4-5H. The third-order valence-corrected chi connectivity index (χ3v) is 2.10. The summed E-state index contributed by atoms with van der Waals surface area (Å²) < 4.78 is 0.718. The normalized spacial score (nSPS) is 9.31. The van der Waals surface area contributed by atoms with Crippen molar-refractivity contribution in [3.8, 4) is 12.1 Å². The molecule has 0 unspecified atom stereocenters. The molecule has 3 nitrogen and oxygen atoms in total. The number of aromatic nitrogens is 1. The highest BCUT2D eigenvalue weighted by Gasteiger charge is 2.14. The fourth-order valence-corrected chi connectivity index (χ4v) is 1.53. The average molecular weight is 256 g/mol. The molecule has 0 amide bonds. The smallest absolute Gasteiger partial charge is 0.176 e. The van der Waals surface area contributed by atoms with Crippen molar-refractivity contribution in [1.82, 2.24) is 4.98 Å². The average Bonchev–Trinajstić information content (AvgIpc) is 2.10. The molecular weight excluding hydrogens is 253 g/mol. The van der Waals surface area contributed by atoms with E-state index < -0.39 is 5.92 Å². The van der Waals surface area contributed by atoms with Crippen LogP contribution in [0.15, 0.2) is 16.7 Å². The number of rotatable bonds is 1. The minimum Gasteiger partial charge on any atom is -0.256 e. The van der Waals surface area contributed by atoms with Gasteiger partial charge in [-0.1, -0.05) is 11.6 Å². The Morgan fingerprint density at radius 1 is 1.46 bits per heavy atom. The summed E-state index contributed by atoms with van der Waals surface area (Å²) in [6, 6.07) is 5.21. The van der Waals surface area contributed by atoms with E-state index in [9.17, 15) is 0 Å². The van der Waals surface area contributed by atoms with Crippen molar-refractivity contribution in [3.63, 3.8) is 0 Å². The van der Waals surface area contributed by atoms with E-state index in [1.807, 2.05) is 0 Å². The number of pyridine rings is 1. The lowest BCUT2D eigenvalue weighted by Gasteiger charge is -2.01. The van der Waals surface area contributed by atoms with Gasteiger partial charge in [0, 0.05) is 10.7 Å². The number of hydrogen-bond donors (Lipinski definition) is 0. The molecule has 0 aliphatic rings. The number of nitriles is 2. The van der Waals surface area contributed by atoms with Gasteiger partial charge < -0.3 is 0 Å². The van der Waals surface area contributed by atoms with Crippen molar-refractivity contribution < 1.29 is 0 Å². The Balaban J connectivity index is 3.18. The Morgan fingerprint density at radius 2 is 2.08 bits per heavy atom. The second-order valence-electron chi connectivity index (χ2n) is 2.21. The second-order valence-corrected chi connectivity index (χ2v) is 3.53. The summed E-state index contributed by atoms with van der Waals surface area (Å²) in [7, 11) is 0. The van der Waals surface area contributed by atoms with Gasteiger partial charge in [0.2, 0.25) is 0 Å². The summed E-state index contributed by atoms with van der Waals surface area (Å²) in [6.07, 6.45) is 1.50. The quantitative estimate of drug-likeness (QED) is 0.776. The molecule has 0 bridgehead atoms. The zero-order valence-electron chi connectivity index (χ0n) is 6.33. The fourth-order valence-electron chi connectivity index (χ4n) is 0.789. The zero-order valence-corrected chi connectivity index (χ0v) is 8.67. The largest absolute Gasteiger partial charge is 0.256 e. The lowest BCUT2D eigenvalue weighted by molar-refractivity contribution is 1.01. The molecule has 1 heterocycles. The predicted octanol–water partition coefficient (Wildman–Crippen LogP) is 2.63. The molecule has 0 aromatic carbocycles. The molecule has 64 valence electrons. The summed E-state index contributed by atoms with van der Waals surface area (Å²) in [5, 5.41) is 17.5. The Morgan fingerprint density at radius 3 is 2.54 bits per heavy atom. The van der Waals surface area contributed by atoms with Crippen LogP contribution in [0.5, 0.6) is 0 Å². The van der Waals surface area contributed by atoms with E-state index in [4.69, 9.17) is 22.1 Å². The van der Waals surface area contributed by atoms with E-state index in [0.29, 0.717) is 10.7 Å². The molecule has 0 fully saturated rings. The van der Waals surface area contributed by atoms with Gasteiger partial charge in [-0.05, 0) is 22.0 Å². The van der Waals surface area contributed by atoms with Crippen molar-refractivity contribution in [3.05, 3.63) is 27.5 Å². The topological polar surface area (TPSA) is 60.5 Å². The van der Waals surface area contributed by atoms with Crippen LogP contribution >= 0.6 is 27.5 Å². The summed E-state index contributed by atoms with van der Waals surface area (Å²) in [5.41, 5.74) is 0.301. The third kappa shape index (κ3) is 2.18. The first-order valence-corrected chi connectivity index (χ1v) is 4.46. The van der Waals surface area contributed by atoms with Gasteiger partial charge in [-0.3, -0.25) is 4.98 Å². The maximum absolute atomic E-state index is 8.59. The van der Waals surface area contributed by atoms with Crippen LogP contribution < -0.4 is 0 Å². The molecule has 1 rings (SSSR count). The van der Waals surface area contributed by atoms with Crippen LogP contribution in [0.4, 0.5) is 0 Å². The highest BCUT2D eigenvalue weighted by Crippen LogP contribution is 2.24. The van der Waals surface area contributed by atoms with Gasteiger partial charge in [0.1, 0.15) is 0 Å². The summed E-state index contributed by atoms with van der Waals surface area (Å²) in [4.78, 5) is 3.90. The van der Waals surface area contributed by atoms with Crippen LogP contribution in [0.2, 0.25) is 5.02 Å². The molecular formula is C8H3BrClN3. The number of nitrogens with zero attached hydrogens (tertiary/aromatic N) is 3. The van der Waals surface area contributed by atoms with Crippen LogP contribution in [0.1, 0.15) is 11.6 Å². The van der Waals surface area contributed by atoms with E-state index in [1.54, 1.807) is 18.2 Å². The number of hydrogen-bond acceptors (Lipinski definition) is 3. The molecule has 0 saturated heterocycles. The molecule has 5 heteroatoms. The molecule has 13 heavy (non-hydrogen) atoms. The van der Waals surface area contributed by atoms with Gasteiger partial charge in [0.15, 0.2) is 5.92 Å². The maximum atomic E-state index is 8.59. The molecule has 0 atom stereocenters. The van der Waals surface area contributed by atoms with Gasteiger partial charge >= 0.3 is 0 Å². The van der Waals surface area contributed by atoms with Crippen LogP contribution in [0.25, 0.3) is 0 Å². The Bertz CT molecular complexity index is 391. The summed E-state index contributed by atoms with van der Waals surface area (Å²) in [6.45, 7) is 0. The van der Waals surface area contributed by atoms with E-state index in [2.05, 4.69) is 20.9 Å². The zero-order chi connectivity index (χ0) is 9.84. The van der Waals surface area contributed by atoms with Gasteiger partial charge in [0.05, 0.1) is 22.9 Å². The molecule has 1 aromatic heterocycles. The van der Waals surface area contributed by atoms with Crippen molar-refractivity contribution in [2.45, 2.75) is 5.92 Å².